The van der Waals surface area contributed by atoms with Crippen LogP contribution >= 0.6 is 0 Å². The van der Waals surface area contributed by atoms with E-state index in [0.717, 1.165) is 5.56 Å². The standard InChI is InChI=1S/C22H27FN4O4S/c1-14(2)30-22(28)26-9-6-15(7-10-26)31-21-17-8-11-27(20(17)24-13-25-21)19-5-4-16(32(3)29)12-18(19)23/h4-5,12-15H,6-11H2,1-3H3/t32-/m0/s1. The van der Waals surface area contributed by atoms with Crippen LogP contribution in [0.1, 0.15) is 32.3 Å². The van der Waals surface area contributed by atoms with Crippen molar-refractivity contribution in [3.05, 3.63) is 35.9 Å². The molecule has 10 heteroatoms. The first-order chi connectivity index (χ1) is 15.3. The van der Waals surface area contributed by atoms with Crippen LogP contribution in [0.25, 0.3) is 0 Å². The lowest BCUT2D eigenvalue weighted by molar-refractivity contribution is 0.0505. The van der Waals surface area contributed by atoms with Crippen LogP contribution in [-0.4, -0.2) is 63.6 Å². The Hall–Kier alpha value is -2.59. The summed E-state index contributed by atoms with van der Waals surface area (Å²) in [4.78, 5) is 24.7. The monoisotopic (exact) mass is 462 g/mol. The van der Waals surface area contributed by atoms with Crippen molar-refractivity contribution in [2.75, 3.05) is 30.8 Å². The Kier molecular flexibility index (Phi) is 6.71. The first-order valence-electron chi connectivity index (χ1n) is 10.7. The first-order valence-corrected chi connectivity index (χ1v) is 12.3. The zero-order valence-corrected chi connectivity index (χ0v) is 19.2. The zero-order valence-electron chi connectivity index (χ0n) is 18.4. The molecule has 1 fully saturated rings. The number of nitrogens with zero attached hydrogens (tertiary/aromatic N) is 4. The van der Waals surface area contributed by atoms with Gasteiger partial charge in [-0.2, -0.15) is 0 Å². The molecular weight excluding hydrogens is 435 g/mol. The molecular formula is C22H27FN4O4S. The minimum absolute atomic E-state index is 0.0679. The van der Waals surface area contributed by atoms with Gasteiger partial charge in [-0.15, -0.1) is 0 Å². The Morgan fingerprint density at radius 2 is 2.00 bits per heavy atom. The topological polar surface area (TPSA) is 90.8 Å². The van der Waals surface area contributed by atoms with Crippen LogP contribution in [0.15, 0.2) is 29.4 Å². The zero-order chi connectivity index (χ0) is 22.8. The van der Waals surface area contributed by atoms with E-state index in [1.807, 2.05) is 13.8 Å². The summed E-state index contributed by atoms with van der Waals surface area (Å²) in [5.74, 6) is 0.692. The molecule has 1 amide bonds. The first kappa shape index (κ1) is 22.6. The maximum absolute atomic E-state index is 14.7. The van der Waals surface area contributed by atoms with Crippen LogP contribution in [0.5, 0.6) is 5.88 Å². The molecule has 4 rings (SSSR count). The van der Waals surface area contributed by atoms with Gasteiger partial charge in [0.2, 0.25) is 5.88 Å². The predicted octanol–water partition coefficient (Wildman–Crippen LogP) is 3.44. The number of rotatable bonds is 5. The summed E-state index contributed by atoms with van der Waals surface area (Å²) in [6, 6.07) is 4.61. The molecule has 0 unspecified atom stereocenters. The van der Waals surface area contributed by atoms with Crippen LogP contribution in [0.4, 0.5) is 20.7 Å². The van der Waals surface area contributed by atoms with E-state index in [0.29, 0.717) is 61.2 Å². The summed E-state index contributed by atoms with van der Waals surface area (Å²) in [6.07, 6.45) is 4.43. The summed E-state index contributed by atoms with van der Waals surface area (Å²) in [6.45, 7) is 5.34. The molecule has 0 saturated carbocycles. The van der Waals surface area contributed by atoms with Crippen LogP contribution in [0.3, 0.4) is 0 Å². The fourth-order valence-corrected chi connectivity index (χ4v) is 4.51. The molecule has 32 heavy (non-hydrogen) atoms. The number of carbonyl (C=O) groups is 1. The van der Waals surface area contributed by atoms with Gasteiger partial charge in [0.15, 0.2) is 10.7 Å². The highest BCUT2D eigenvalue weighted by atomic mass is 32.2. The third-order valence-corrected chi connectivity index (χ3v) is 6.50. The van der Waals surface area contributed by atoms with E-state index in [4.69, 9.17) is 9.47 Å². The van der Waals surface area contributed by atoms with Gasteiger partial charge in [-0.25, -0.2) is 19.2 Å². The Morgan fingerprint density at radius 3 is 2.66 bits per heavy atom. The Morgan fingerprint density at radius 1 is 1.25 bits per heavy atom. The molecule has 1 saturated heterocycles. The number of amides is 1. The van der Waals surface area contributed by atoms with Gasteiger partial charge in [0, 0.05) is 38.5 Å². The van der Waals surface area contributed by atoms with E-state index >= 15 is 0 Å². The van der Waals surface area contributed by atoms with E-state index in [1.54, 1.807) is 21.9 Å². The van der Waals surface area contributed by atoms with Gasteiger partial charge in [-0.3, -0.25) is 0 Å². The summed E-state index contributed by atoms with van der Waals surface area (Å²) in [5.41, 5.74) is 1.23. The molecule has 0 bridgehead atoms. The molecule has 0 aliphatic carbocycles. The molecule has 172 valence electrons. The second-order valence-corrected chi connectivity index (χ2v) is 9.57. The molecule has 0 radical (unpaired) electrons. The molecule has 1 aromatic heterocycles. The van der Waals surface area contributed by atoms with Gasteiger partial charge in [-0.05, 0) is 43.6 Å². The van der Waals surface area contributed by atoms with Crippen molar-refractivity contribution in [1.82, 2.24) is 14.9 Å². The lowest BCUT2D eigenvalue weighted by Crippen LogP contribution is -2.42. The second-order valence-electron chi connectivity index (χ2n) is 8.19. The highest BCUT2D eigenvalue weighted by molar-refractivity contribution is 7.90. The van der Waals surface area contributed by atoms with Gasteiger partial charge >= 0.3 is 6.09 Å². The lowest BCUT2D eigenvalue weighted by atomic mass is 10.1. The quantitative estimate of drug-likeness (QED) is 0.629. The number of anilines is 2. The number of likely N-dealkylation sites (tertiary alicyclic amines) is 1. The average Bonchev–Trinajstić information content (AvgIpc) is 3.18. The number of benzene rings is 1. The predicted molar refractivity (Wildman–Crippen MR) is 118 cm³/mol. The van der Waals surface area contributed by atoms with Gasteiger partial charge in [-0.1, -0.05) is 0 Å². The van der Waals surface area contributed by atoms with Gasteiger partial charge in [0.1, 0.15) is 24.5 Å². The van der Waals surface area contributed by atoms with Crippen molar-refractivity contribution in [2.24, 2.45) is 0 Å². The third kappa shape index (κ3) is 4.75. The van der Waals surface area contributed by atoms with E-state index in [9.17, 15) is 13.7 Å². The second kappa shape index (κ2) is 9.50. The molecule has 1 aromatic carbocycles. The van der Waals surface area contributed by atoms with Crippen LogP contribution in [-0.2, 0) is 22.3 Å². The molecule has 0 spiro atoms. The van der Waals surface area contributed by atoms with Crippen molar-refractivity contribution in [3.8, 4) is 5.88 Å². The number of piperidine rings is 1. The maximum Gasteiger partial charge on any atom is 0.410 e. The molecule has 2 aliphatic rings. The fraction of sp³-hybridized carbons (Fsp3) is 0.500. The van der Waals surface area contributed by atoms with Crippen molar-refractivity contribution >= 4 is 28.8 Å². The normalized spacial score (nSPS) is 17.4. The van der Waals surface area contributed by atoms with Crippen molar-refractivity contribution in [3.63, 3.8) is 0 Å². The molecule has 0 N–H and O–H groups in total. The molecule has 1 atom stereocenters. The van der Waals surface area contributed by atoms with Gasteiger partial charge in [0.25, 0.3) is 0 Å². The fourth-order valence-electron chi connectivity index (χ4n) is 3.98. The van der Waals surface area contributed by atoms with Crippen LogP contribution < -0.4 is 9.64 Å². The number of halogens is 1. The van der Waals surface area contributed by atoms with Crippen molar-refractivity contribution in [1.29, 1.82) is 0 Å². The van der Waals surface area contributed by atoms with E-state index in [2.05, 4.69) is 9.97 Å². The Bertz CT molecular complexity index is 982. The van der Waals surface area contributed by atoms with E-state index in [1.165, 1.54) is 18.6 Å². The van der Waals surface area contributed by atoms with E-state index in [-0.39, 0.29) is 18.3 Å². The number of ether oxygens (including phenoxy) is 2. The van der Waals surface area contributed by atoms with Crippen molar-refractivity contribution in [2.45, 2.75) is 50.2 Å². The lowest BCUT2D eigenvalue weighted by Gasteiger charge is -2.32. The minimum atomic E-state index is -1.25. The number of fused-ring (bicyclic) bond motifs is 1. The van der Waals surface area contributed by atoms with Crippen LogP contribution in [0.2, 0.25) is 0 Å². The molecule has 2 aromatic rings. The van der Waals surface area contributed by atoms with Gasteiger partial charge in [0.05, 0.1) is 17.4 Å². The largest absolute Gasteiger partial charge is 0.612 e. The summed E-state index contributed by atoms with van der Waals surface area (Å²) in [7, 11) is 0. The number of carbonyl (C=O) groups excluding carboxylic acids is 1. The minimum Gasteiger partial charge on any atom is -0.612 e. The molecule has 3 heterocycles. The van der Waals surface area contributed by atoms with Gasteiger partial charge < -0.3 is 23.8 Å². The summed E-state index contributed by atoms with van der Waals surface area (Å²) in [5, 5.41) is 0. The highest BCUT2D eigenvalue weighted by Gasteiger charge is 2.31. The summed E-state index contributed by atoms with van der Waals surface area (Å²) >= 11 is -1.25. The Balaban J connectivity index is 1.45. The maximum atomic E-state index is 14.7. The molecule has 8 nitrogen and oxygen atoms in total. The highest BCUT2D eigenvalue weighted by Crippen LogP contribution is 2.38. The van der Waals surface area contributed by atoms with E-state index < -0.39 is 17.0 Å². The third-order valence-electron chi connectivity index (χ3n) is 5.58. The summed E-state index contributed by atoms with van der Waals surface area (Å²) < 4.78 is 37.8. The smallest absolute Gasteiger partial charge is 0.410 e. The number of hydrogen-bond acceptors (Lipinski definition) is 7. The average molecular weight is 463 g/mol. The molecule has 2 aliphatic heterocycles. The van der Waals surface area contributed by atoms with Crippen molar-refractivity contribution < 1.29 is 23.2 Å². The van der Waals surface area contributed by atoms with Crippen LogP contribution in [0, 0.1) is 5.82 Å². The SMILES string of the molecule is CC(C)OC(=O)N1CCC(Oc2ncnc3c2CCN3c2ccc([S@+](C)[O-])cc2F)CC1. The number of aromatic nitrogens is 2. The number of hydrogen-bond donors (Lipinski definition) is 0. The Labute approximate surface area is 189 Å².